The molecule has 1 aromatic carbocycles. The number of methoxy groups -OCH3 is 1. The summed E-state index contributed by atoms with van der Waals surface area (Å²) in [6, 6.07) is 3.23. The Morgan fingerprint density at radius 2 is 2.00 bits per heavy atom. The number of hydrogen-bond donors (Lipinski definition) is 1. The second kappa shape index (κ2) is 7.21. The first-order valence-corrected chi connectivity index (χ1v) is 7.44. The quantitative estimate of drug-likeness (QED) is 0.877. The molecule has 1 N–H and O–H groups in total. The molecule has 0 radical (unpaired) electrons. The van der Waals surface area contributed by atoms with E-state index >= 15 is 0 Å². The third kappa shape index (κ3) is 4.06. The maximum atomic E-state index is 12.5. The lowest BCUT2D eigenvalue weighted by Crippen LogP contribution is -2.40. The summed E-state index contributed by atoms with van der Waals surface area (Å²) in [7, 11) is 3.08. The Hall–Kier alpha value is -2.44. The summed E-state index contributed by atoms with van der Waals surface area (Å²) in [5.41, 5.74) is 0.381. The molecule has 0 atom stereocenters. The number of benzene rings is 1. The normalized spacial score (nSPS) is 12.7. The molecule has 2 amide bonds. The molecule has 0 spiro atoms. The number of nitrogens with zero attached hydrogens (tertiary/aromatic N) is 1. The molecule has 0 unspecified atom stereocenters. The van der Waals surface area contributed by atoms with E-state index < -0.39 is 0 Å². The fourth-order valence-corrected chi connectivity index (χ4v) is 2.27. The van der Waals surface area contributed by atoms with Crippen LogP contribution in [0.15, 0.2) is 12.1 Å². The van der Waals surface area contributed by atoms with Gasteiger partial charge in [0.1, 0.15) is 13.2 Å². The maximum Gasteiger partial charge on any atom is 0.254 e. The van der Waals surface area contributed by atoms with Crippen LogP contribution in [0.2, 0.25) is 0 Å². The minimum Gasteiger partial charge on any atom is -0.493 e. The van der Waals surface area contributed by atoms with E-state index in [0.29, 0.717) is 36.0 Å². The molecular weight excluding hydrogens is 300 g/mol. The zero-order valence-corrected chi connectivity index (χ0v) is 13.8. The lowest BCUT2D eigenvalue weighted by Gasteiger charge is -2.23. The SMILES string of the molecule is COc1cc(C(=O)N(C)CC(=O)NC(C)C)cc2c1OCCO2. The first-order chi connectivity index (χ1) is 10.9. The molecule has 23 heavy (non-hydrogen) atoms. The van der Waals surface area contributed by atoms with Gasteiger partial charge in [-0.25, -0.2) is 0 Å². The van der Waals surface area contributed by atoms with Crippen molar-refractivity contribution in [2.24, 2.45) is 0 Å². The molecule has 2 rings (SSSR count). The summed E-state index contributed by atoms with van der Waals surface area (Å²) in [4.78, 5) is 25.6. The smallest absolute Gasteiger partial charge is 0.254 e. The van der Waals surface area contributed by atoms with Crippen LogP contribution in [0.4, 0.5) is 0 Å². The Bertz CT molecular complexity index is 583. The van der Waals surface area contributed by atoms with Gasteiger partial charge in [-0.05, 0) is 26.0 Å². The number of carbonyl (C=O) groups excluding carboxylic acids is 2. The number of carbonyl (C=O) groups is 2. The minimum absolute atomic E-state index is 0.0201. The van der Waals surface area contributed by atoms with Gasteiger partial charge in [0.25, 0.3) is 5.91 Å². The van der Waals surface area contributed by atoms with Crippen molar-refractivity contribution in [3.8, 4) is 17.2 Å². The van der Waals surface area contributed by atoms with Gasteiger partial charge in [-0.15, -0.1) is 0 Å². The number of likely N-dealkylation sites (N-methyl/N-ethyl adjacent to an activating group) is 1. The average molecular weight is 322 g/mol. The van der Waals surface area contributed by atoms with Gasteiger partial charge in [-0.1, -0.05) is 0 Å². The number of rotatable bonds is 5. The van der Waals surface area contributed by atoms with Crippen molar-refractivity contribution in [3.05, 3.63) is 17.7 Å². The van der Waals surface area contributed by atoms with E-state index in [1.807, 2.05) is 13.8 Å². The van der Waals surface area contributed by atoms with Crippen LogP contribution < -0.4 is 19.5 Å². The second-order valence-corrected chi connectivity index (χ2v) is 5.59. The van der Waals surface area contributed by atoms with Crippen molar-refractivity contribution in [3.63, 3.8) is 0 Å². The van der Waals surface area contributed by atoms with E-state index in [1.54, 1.807) is 19.2 Å². The Labute approximate surface area is 135 Å². The molecule has 0 saturated carbocycles. The zero-order valence-electron chi connectivity index (χ0n) is 13.8. The van der Waals surface area contributed by atoms with E-state index in [4.69, 9.17) is 14.2 Å². The lowest BCUT2D eigenvalue weighted by molar-refractivity contribution is -0.122. The molecule has 0 bridgehead atoms. The molecule has 7 heteroatoms. The summed E-state index contributed by atoms with van der Waals surface area (Å²) in [6.07, 6.45) is 0. The number of amides is 2. The van der Waals surface area contributed by atoms with Crippen LogP contribution in [-0.4, -0.2) is 56.7 Å². The van der Waals surface area contributed by atoms with Gasteiger partial charge in [0, 0.05) is 18.7 Å². The van der Waals surface area contributed by atoms with Crippen molar-refractivity contribution < 1.29 is 23.8 Å². The minimum atomic E-state index is -0.292. The lowest BCUT2D eigenvalue weighted by atomic mass is 10.1. The second-order valence-electron chi connectivity index (χ2n) is 5.59. The van der Waals surface area contributed by atoms with Crippen molar-refractivity contribution in [1.82, 2.24) is 10.2 Å². The number of fused-ring (bicyclic) bond motifs is 1. The van der Waals surface area contributed by atoms with Crippen LogP contribution in [-0.2, 0) is 4.79 Å². The maximum absolute atomic E-state index is 12.5. The van der Waals surface area contributed by atoms with Gasteiger partial charge in [0.15, 0.2) is 11.5 Å². The highest BCUT2D eigenvalue weighted by Crippen LogP contribution is 2.40. The Balaban J connectivity index is 2.17. The van der Waals surface area contributed by atoms with Gasteiger partial charge >= 0.3 is 0 Å². The van der Waals surface area contributed by atoms with Gasteiger partial charge < -0.3 is 24.4 Å². The van der Waals surface area contributed by atoms with Gasteiger partial charge in [-0.3, -0.25) is 9.59 Å². The van der Waals surface area contributed by atoms with E-state index in [9.17, 15) is 9.59 Å². The van der Waals surface area contributed by atoms with Gasteiger partial charge in [0.05, 0.1) is 13.7 Å². The van der Waals surface area contributed by atoms with E-state index in [1.165, 1.54) is 12.0 Å². The van der Waals surface area contributed by atoms with Gasteiger partial charge in [0.2, 0.25) is 11.7 Å². The molecule has 126 valence electrons. The number of ether oxygens (including phenoxy) is 3. The van der Waals surface area contributed by atoms with Crippen LogP contribution in [0.3, 0.4) is 0 Å². The fraction of sp³-hybridized carbons (Fsp3) is 0.500. The van der Waals surface area contributed by atoms with Crippen LogP contribution in [0.1, 0.15) is 24.2 Å². The van der Waals surface area contributed by atoms with Crippen LogP contribution >= 0.6 is 0 Å². The third-order valence-electron chi connectivity index (χ3n) is 3.25. The van der Waals surface area contributed by atoms with Crippen molar-refractivity contribution in [2.75, 3.05) is 33.9 Å². The number of nitrogens with one attached hydrogen (secondary N) is 1. The molecule has 0 aromatic heterocycles. The van der Waals surface area contributed by atoms with E-state index in [2.05, 4.69) is 5.32 Å². The topological polar surface area (TPSA) is 77.1 Å². The first-order valence-electron chi connectivity index (χ1n) is 7.44. The molecule has 1 aliphatic heterocycles. The standard InChI is InChI=1S/C16H22N2O5/c1-10(2)17-14(19)9-18(3)16(20)11-7-12(21-4)15-13(8-11)22-5-6-23-15/h7-8,10H,5-6,9H2,1-4H3,(H,17,19). The molecular formula is C16H22N2O5. The number of hydrogen-bond acceptors (Lipinski definition) is 5. The molecule has 7 nitrogen and oxygen atoms in total. The monoisotopic (exact) mass is 322 g/mol. The largest absolute Gasteiger partial charge is 0.493 e. The summed E-state index contributed by atoms with van der Waals surface area (Å²) >= 11 is 0. The summed E-state index contributed by atoms with van der Waals surface area (Å²) in [6.45, 7) is 4.57. The molecule has 1 aliphatic rings. The van der Waals surface area contributed by atoms with E-state index in [0.717, 1.165) is 0 Å². The van der Waals surface area contributed by atoms with E-state index in [-0.39, 0.29) is 24.4 Å². The summed E-state index contributed by atoms with van der Waals surface area (Å²) in [5.74, 6) is 0.902. The molecule has 0 fully saturated rings. The molecule has 1 heterocycles. The highest BCUT2D eigenvalue weighted by molar-refractivity contribution is 5.97. The van der Waals surface area contributed by atoms with Crippen molar-refractivity contribution >= 4 is 11.8 Å². The van der Waals surface area contributed by atoms with Crippen molar-refractivity contribution in [1.29, 1.82) is 0 Å². The van der Waals surface area contributed by atoms with Gasteiger partial charge in [-0.2, -0.15) is 0 Å². The zero-order chi connectivity index (χ0) is 17.0. The van der Waals surface area contributed by atoms with Crippen LogP contribution in [0, 0.1) is 0 Å². The predicted molar refractivity (Wildman–Crippen MR) is 84.2 cm³/mol. The predicted octanol–water partition coefficient (Wildman–Crippen LogP) is 1.06. The highest BCUT2D eigenvalue weighted by Gasteiger charge is 2.23. The van der Waals surface area contributed by atoms with Crippen molar-refractivity contribution in [2.45, 2.75) is 19.9 Å². The highest BCUT2D eigenvalue weighted by atomic mass is 16.6. The van der Waals surface area contributed by atoms with Crippen LogP contribution in [0.5, 0.6) is 17.2 Å². The molecule has 1 aromatic rings. The Morgan fingerprint density at radius 3 is 2.65 bits per heavy atom. The average Bonchev–Trinajstić information content (AvgIpc) is 2.52. The summed E-state index contributed by atoms with van der Waals surface area (Å²) in [5, 5.41) is 2.75. The molecule has 0 saturated heterocycles. The Kier molecular flexibility index (Phi) is 5.31. The fourth-order valence-electron chi connectivity index (χ4n) is 2.27. The first kappa shape index (κ1) is 16.9. The van der Waals surface area contributed by atoms with Crippen LogP contribution in [0.25, 0.3) is 0 Å². The molecule has 0 aliphatic carbocycles. The summed E-state index contributed by atoms with van der Waals surface area (Å²) < 4.78 is 16.3. The third-order valence-corrected chi connectivity index (χ3v) is 3.25. The Morgan fingerprint density at radius 1 is 1.30 bits per heavy atom.